The zero-order valence-electron chi connectivity index (χ0n) is 29.3. The van der Waals surface area contributed by atoms with E-state index in [0.29, 0.717) is 48.6 Å². The van der Waals surface area contributed by atoms with Crippen molar-refractivity contribution in [3.63, 3.8) is 0 Å². The van der Waals surface area contributed by atoms with Gasteiger partial charge in [-0.25, -0.2) is 23.8 Å². The number of hydrogen-bond donors (Lipinski definition) is 3. The summed E-state index contributed by atoms with van der Waals surface area (Å²) >= 11 is 0. The Morgan fingerprint density at radius 1 is 1.10 bits per heavy atom. The highest BCUT2D eigenvalue weighted by atomic mass is 16.6. The molecule has 2 atom stereocenters. The van der Waals surface area contributed by atoms with Gasteiger partial charge < -0.3 is 35.1 Å². The standard InChI is InChI=1S/C35H44N10O6/c1-35(2,3)51-33(47)40-22-10-11-25-24(16-22)29(41-44(25)28-9-5-6-15-50-28)32(46)39-23-8-7-13-42(19-23)27-17-26(45-30(27)31(36)37-20-38-45)21-12-14-43(18-21)34(48)49-4/h10-12,16-17,20,23,28H,5-9,13-15,18-19H2,1-4H3,(H,39,46)(H,40,47)(H2,36,37,38)/t23-,28?/m1/s1. The highest BCUT2D eigenvalue weighted by Crippen LogP contribution is 2.35. The molecular weight excluding hydrogens is 656 g/mol. The van der Waals surface area contributed by atoms with Crippen LogP contribution in [0.3, 0.4) is 0 Å². The molecule has 0 aliphatic carbocycles. The average Bonchev–Trinajstić information content (AvgIpc) is 3.84. The molecule has 1 unspecified atom stereocenters. The number of amides is 3. The van der Waals surface area contributed by atoms with Gasteiger partial charge in [-0.15, -0.1) is 0 Å². The molecule has 0 bridgehead atoms. The van der Waals surface area contributed by atoms with E-state index >= 15 is 0 Å². The van der Waals surface area contributed by atoms with Gasteiger partial charge in [-0.1, -0.05) is 6.08 Å². The fourth-order valence-corrected chi connectivity index (χ4v) is 7.04. The van der Waals surface area contributed by atoms with Crippen LogP contribution in [0.1, 0.15) is 75.3 Å². The maximum atomic E-state index is 14.1. The van der Waals surface area contributed by atoms with Gasteiger partial charge in [0.05, 0.1) is 30.6 Å². The van der Waals surface area contributed by atoms with E-state index in [0.717, 1.165) is 61.1 Å². The molecule has 0 saturated carbocycles. The number of aromatic nitrogens is 5. The van der Waals surface area contributed by atoms with Crippen molar-refractivity contribution in [2.45, 2.75) is 70.7 Å². The topological polar surface area (TPSA) is 183 Å². The number of methoxy groups -OCH3 is 1. The van der Waals surface area contributed by atoms with Crippen molar-refractivity contribution in [1.82, 2.24) is 34.6 Å². The minimum Gasteiger partial charge on any atom is -0.453 e. The summed E-state index contributed by atoms with van der Waals surface area (Å²) in [4.78, 5) is 46.9. The third kappa shape index (κ3) is 7.00. The summed E-state index contributed by atoms with van der Waals surface area (Å²) in [6, 6.07) is 7.19. The number of nitrogen functional groups attached to an aromatic ring is 1. The molecule has 3 aliphatic heterocycles. The van der Waals surface area contributed by atoms with Gasteiger partial charge >= 0.3 is 12.2 Å². The number of rotatable bonds is 6. The Balaban J connectivity index is 1.15. The number of nitrogens with one attached hydrogen (secondary N) is 2. The second-order valence-corrected chi connectivity index (χ2v) is 14.1. The molecule has 51 heavy (non-hydrogen) atoms. The number of nitrogens with two attached hydrogens (primary N) is 1. The number of anilines is 3. The van der Waals surface area contributed by atoms with E-state index < -0.39 is 17.8 Å². The number of ether oxygens (including phenoxy) is 3. The van der Waals surface area contributed by atoms with Gasteiger partial charge in [0.15, 0.2) is 17.7 Å². The molecule has 3 amide bonds. The van der Waals surface area contributed by atoms with Gasteiger partial charge in [-0.2, -0.15) is 10.2 Å². The number of carbonyl (C=O) groups excluding carboxylic acids is 3. The quantitative estimate of drug-likeness (QED) is 0.256. The Hall–Kier alpha value is -5.38. The van der Waals surface area contributed by atoms with Gasteiger partial charge in [-0.05, 0) is 82.7 Å². The molecule has 1 aromatic carbocycles. The number of fused-ring (bicyclic) bond motifs is 2. The van der Waals surface area contributed by atoms with Crippen LogP contribution in [-0.2, 0) is 14.2 Å². The Labute approximate surface area is 294 Å². The third-order valence-corrected chi connectivity index (χ3v) is 9.34. The highest BCUT2D eigenvalue weighted by Gasteiger charge is 2.31. The van der Waals surface area contributed by atoms with Crippen LogP contribution >= 0.6 is 0 Å². The molecule has 4 aromatic rings. The van der Waals surface area contributed by atoms with Crippen LogP contribution in [0.25, 0.3) is 22.0 Å². The van der Waals surface area contributed by atoms with E-state index in [1.807, 2.05) is 18.2 Å². The summed E-state index contributed by atoms with van der Waals surface area (Å²) in [5.41, 5.74) is 10.5. The molecule has 6 heterocycles. The van der Waals surface area contributed by atoms with Crippen LogP contribution in [0.15, 0.2) is 36.7 Å². The van der Waals surface area contributed by atoms with Crippen LogP contribution < -0.4 is 21.3 Å². The van der Waals surface area contributed by atoms with Crippen LogP contribution in [0.2, 0.25) is 0 Å². The van der Waals surface area contributed by atoms with Gasteiger partial charge in [0.2, 0.25) is 0 Å². The predicted molar refractivity (Wildman–Crippen MR) is 190 cm³/mol. The van der Waals surface area contributed by atoms with Crippen molar-refractivity contribution in [1.29, 1.82) is 0 Å². The lowest BCUT2D eigenvalue weighted by Gasteiger charge is -2.34. The zero-order chi connectivity index (χ0) is 35.9. The first-order valence-corrected chi connectivity index (χ1v) is 17.3. The maximum Gasteiger partial charge on any atom is 0.412 e. The molecule has 2 saturated heterocycles. The van der Waals surface area contributed by atoms with E-state index in [1.54, 1.807) is 47.0 Å². The molecule has 16 nitrogen and oxygen atoms in total. The fraction of sp³-hybridized carbons (Fsp3) is 0.486. The Kier molecular flexibility index (Phi) is 9.18. The predicted octanol–water partition coefficient (Wildman–Crippen LogP) is 4.57. The van der Waals surface area contributed by atoms with Crippen molar-refractivity contribution < 1.29 is 28.6 Å². The van der Waals surface area contributed by atoms with E-state index in [2.05, 4.69) is 25.6 Å². The number of piperidine rings is 1. The average molecular weight is 701 g/mol. The maximum absolute atomic E-state index is 14.1. The summed E-state index contributed by atoms with van der Waals surface area (Å²) in [6.45, 7) is 8.08. The van der Waals surface area contributed by atoms with Crippen LogP contribution in [0.5, 0.6) is 0 Å². The first-order chi connectivity index (χ1) is 24.5. The molecule has 0 spiro atoms. The first kappa shape index (κ1) is 34.1. The van der Waals surface area contributed by atoms with Gasteiger partial charge in [-0.3, -0.25) is 10.1 Å². The van der Waals surface area contributed by atoms with Gasteiger partial charge in [0.1, 0.15) is 17.4 Å². The van der Waals surface area contributed by atoms with Crippen molar-refractivity contribution >= 4 is 57.3 Å². The second-order valence-electron chi connectivity index (χ2n) is 14.1. The lowest BCUT2D eigenvalue weighted by Crippen LogP contribution is -2.48. The number of hydrogen-bond acceptors (Lipinski definition) is 11. The Bertz CT molecular complexity index is 2010. The van der Waals surface area contributed by atoms with Crippen molar-refractivity contribution in [2.24, 2.45) is 0 Å². The second kappa shape index (κ2) is 13.7. The largest absolute Gasteiger partial charge is 0.453 e. The van der Waals surface area contributed by atoms with Crippen molar-refractivity contribution in [2.75, 3.05) is 55.8 Å². The summed E-state index contributed by atoms with van der Waals surface area (Å²) < 4.78 is 20.0. The summed E-state index contributed by atoms with van der Waals surface area (Å²) in [6.07, 6.45) is 6.46. The third-order valence-electron chi connectivity index (χ3n) is 9.34. The number of carbonyl (C=O) groups is 3. The molecule has 0 radical (unpaired) electrons. The molecule has 7 rings (SSSR count). The molecular formula is C35H44N10O6. The molecule has 3 aromatic heterocycles. The molecule has 4 N–H and O–H groups in total. The summed E-state index contributed by atoms with van der Waals surface area (Å²) in [5, 5.41) is 15.9. The molecule has 2 fully saturated rings. The molecule has 3 aliphatic rings. The number of nitrogens with zero attached hydrogens (tertiary/aromatic N) is 7. The first-order valence-electron chi connectivity index (χ1n) is 17.3. The smallest absolute Gasteiger partial charge is 0.412 e. The zero-order valence-corrected chi connectivity index (χ0v) is 29.3. The molecule has 16 heteroatoms. The summed E-state index contributed by atoms with van der Waals surface area (Å²) in [5.74, 6) is 0.0127. The van der Waals surface area contributed by atoms with Crippen molar-refractivity contribution in [3.8, 4) is 0 Å². The summed E-state index contributed by atoms with van der Waals surface area (Å²) in [7, 11) is 1.37. The van der Waals surface area contributed by atoms with Gasteiger partial charge in [0.25, 0.3) is 5.91 Å². The monoisotopic (exact) mass is 700 g/mol. The fourth-order valence-electron chi connectivity index (χ4n) is 7.04. The lowest BCUT2D eigenvalue weighted by atomic mass is 10.0. The normalized spacial score (nSPS) is 19.6. The number of benzene rings is 1. The SMILES string of the molecule is COC(=O)N1CC=C(c2cc(N3CCC[C@@H](NC(=O)c4nn(C5CCCCO5)c5ccc(NC(=O)OC(C)(C)C)cc45)C3)c3c(N)ncnn23)C1. The Morgan fingerprint density at radius 2 is 1.94 bits per heavy atom. The van der Waals surface area contributed by atoms with Gasteiger partial charge in [0, 0.05) is 43.4 Å². The molecule has 270 valence electrons. The van der Waals surface area contributed by atoms with Crippen LogP contribution in [0, 0.1) is 0 Å². The van der Waals surface area contributed by atoms with E-state index in [4.69, 9.17) is 25.0 Å². The van der Waals surface area contributed by atoms with Crippen LogP contribution in [0.4, 0.5) is 26.8 Å². The van der Waals surface area contributed by atoms with Crippen molar-refractivity contribution in [3.05, 3.63) is 48.1 Å². The Morgan fingerprint density at radius 3 is 2.71 bits per heavy atom. The highest BCUT2D eigenvalue weighted by molar-refractivity contribution is 6.06. The lowest BCUT2D eigenvalue weighted by molar-refractivity contribution is -0.0368. The van der Waals surface area contributed by atoms with E-state index in [-0.39, 0.29) is 23.9 Å². The minimum absolute atomic E-state index is 0.204. The van der Waals surface area contributed by atoms with Crippen LogP contribution in [-0.4, -0.2) is 98.9 Å². The van der Waals surface area contributed by atoms with E-state index in [1.165, 1.54) is 13.4 Å². The minimum atomic E-state index is -0.663. The van der Waals surface area contributed by atoms with E-state index in [9.17, 15) is 14.4 Å².